The third-order valence-electron chi connectivity index (χ3n) is 6.46. The molecule has 2 heterocycles. The fraction of sp³-hybridized carbons (Fsp3) is 0.280. The predicted octanol–water partition coefficient (Wildman–Crippen LogP) is 4.58. The van der Waals surface area contributed by atoms with Gasteiger partial charge in [-0.1, -0.05) is 25.1 Å². The second-order valence-electron chi connectivity index (χ2n) is 8.40. The Morgan fingerprint density at radius 3 is 2.81 bits per heavy atom. The third-order valence-corrected chi connectivity index (χ3v) is 6.46. The van der Waals surface area contributed by atoms with Crippen molar-refractivity contribution in [3.8, 4) is 0 Å². The average Bonchev–Trinajstić information content (AvgIpc) is 3.34. The molecule has 1 aliphatic rings. The highest BCUT2D eigenvalue weighted by Crippen LogP contribution is 2.36. The lowest BCUT2D eigenvalue weighted by molar-refractivity contribution is -0.140. The number of para-hydroxylation sites is 1. The molecule has 1 amide bonds. The number of hydrogen-bond acceptors (Lipinski definition) is 2. The summed E-state index contributed by atoms with van der Waals surface area (Å²) in [5.41, 5.74) is 3.99. The Morgan fingerprint density at radius 2 is 2.06 bits per heavy atom. The van der Waals surface area contributed by atoms with Gasteiger partial charge in [-0.25, -0.2) is 9.18 Å². The Kier molecular flexibility index (Phi) is 4.96. The maximum absolute atomic E-state index is 14.1. The number of aliphatic carboxylic acids is 1. The topological polar surface area (TPSA) is 87.1 Å². The second-order valence-corrected chi connectivity index (χ2v) is 8.40. The molecule has 0 fully saturated rings. The number of aromatic amines is 1. The van der Waals surface area contributed by atoms with Crippen molar-refractivity contribution in [2.75, 3.05) is 0 Å². The molecule has 0 aliphatic heterocycles. The van der Waals surface area contributed by atoms with Crippen LogP contribution in [0.1, 0.15) is 47.6 Å². The van der Waals surface area contributed by atoms with E-state index in [4.69, 9.17) is 0 Å². The fourth-order valence-electron chi connectivity index (χ4n) is 4.97. The molecule has 4 aromatic rings. The van der Waals surface area contributed by atoms with Crippen molar-refractivity contribution >= 4 is 33.7 Å². The number of rotatable bonds is 5. The van der Waals surface area contributed by atoms with Crippen molar-refractivity contribution in [1.29, 1.82) is 0 Å². The minimum atomic E-state index is -0.897. The highest BCUT2D eigenvalue weighted by atomic mass is 19.1. The summed E-state index contributed by atoms with van der Waals surface area (Å²) in [7, 11) is 0. The van der Waals surface area contributed by atoms with E-state index < -0.39 is 12.0 Å². The summed E-state index contributed by atoms with van der Waals surface area (Å²) in [6.45, 7) is 1.84. The van der Waals surface area contributed by atoms with Gasteiger partial charge in [-0.05, 0) is 61.6 Å². The number of carbonyl (C=O) groups excluding carboxylic acids is 1. The summed E-state index contributed by atoms with van der Waals surface area (Å²) < 4.78 is 15.9. The first kappa shape index (κ1) is 20.3. The lowest BCUT2D eigenvalue weighted by Gasteiger charge is -2.26. The average molecular weight is 433 g/mol. The highest BCUT2D eigenvalue weighted by molar-refractivity contribution is 5.98. The first-order valence-electron chi connectivity index (χ1n) is 10.9. The maximum Gasteiger partial charge on any atom is 0.326 e. The van der Waals surface area contributed by atoms with E-state index in [1.807, 2.05) is 41.8 Å². The SMILES string of the molecule is CCC(C(=O)O)n1c2c(c3cc(F)ccc31)CC(NC(=O)c1cc3ccccc3[nH]1)CC2. The number of amides is 1. The second kappa shape index (κ2) is 7.82. The molecule has 32 heavy (non-hydrogen) atoms. The Morgan fingerprint density at radius 1 is 1.25 bits per heavy atom. The zero-order valence-electron chi connectivity index (χ0n) is 17.7. The molecular formula is C25H24FN3O3. The van der Waals surface area contributed by atoms with Crippen LogP contribution < -0.4 is 5.32 Å². The lowest BCUT2D eigenvalue weighted by atomic mass is 9.91. The Hall–Kier alpha value is -3.61. The molecular weight excluding hydrogens is 409 g/mol. The number of aromatic nitrogens is 2. The Balaban J connectivity index is 1.47. The van der Waals surface area contributed by atoms with Gasteiger partial charge in [0.15, 0.2) is 0 Å². The van der Waals surface area contributed by atoms with Crippen molar-refractivity contribution in [2.45, 2.75) is 44.7 Å². The number of carbonyl (C=O) groups is 2. The minimum Gasteiger partial charge on any atom is -0.480 e. The van der Waals surface area contributed by atoms with E-state index in [1.54, 1.807) is 6.07 Å². The highest BCUT2D eigenvalue weighted by Gasteiger charge is 2.31. The van der Waals surface area contributed by atoms with Crippen molar-refractivity contribution in [1.82, 2.24) is 14.9 Å². The Labute approximate surface area is 184 Å². The first-order valence-corrected chi connectivity index (χ1v) is 10.9. The van der Waals surface area contributed by atoms with Gasteiger partial charge in [-0.15, -0.1) is 0 Å². The zero-order valence-corrected chi connectivity index (χ0v) is 17.7. The Bertz CT molecular complexity index is 1320. The number of halogens is 1. The number of nitrogens with zero attached hydrogens (tertiary/aromatic N) is 1. The van der Waals surface area contributed by atoms with Gasteiger partial charge in [0.2, 0.25) is 0 Å². The van der Waals surface area contributed by atoms with Gasteiger partial charge in [0.25, 0.3) is 5.91 Å². The van der Waals surface area contributed by atoms with Crippen molar-refractivity contribution < 1.29 is 19.1 Å². The summed E-state index contributed by atoms with van der Waals surface area (Å²) in [6, 6.07) is 13.2. The lowest BCUT2D eigenvalue weighted by Crippen LogP contribution is -2.39. The number of carboxylic acid groups (broad SMARTS) is 1. The monoisotopic (exact) mass is 433 g/mol. The van der Waals surface area contributed by atoms with Gasteiger partial charge in [0.05, 0.1) is 0 Å². The smallest absolute Gasteiger partial charge is 0.326 e. The molecule has 0 radical (unpaired) electrons. The molecule has 7 heteroatoms. The predicted molar refractivity (Wildman–Crippen MR) is 120 cm³/mol. The number of hydrogen-bond donors (Lipinski definition) is 3. The number of benzene rings is 2. The molecule has 0 bridgehead atoms. The fourth-order valence-corrected chi connectivity index (χ4v) is 4.97. The summed E-state index contributed by atoms with van der Waals surface area (Å²) in [5, 5.41) is 14.6. The van der Waals surface area contributed by atoms with E-state index >= 15 is 0 Å². The molecule has 2 aromatic carbocycles. The van der Waals surface area contributed by atoms with Crippen molar-refractivity contribution in [3.05, 3.63) is 71.3 Å². The maximum atomic E-state index is 14.1. The molecule has 1 aliphatic carbocycles. The van der Waals surface area contributed by atoms with Gasteiger partial charge < -0.3 is 20.0 Å². The van der Waals surface area contributed by atoms with Crippen LogP contribution in [0.3, 0.4) is 0 Å². The van der Waals surface area contributed by atoms with Crippen LogP contribution in [-0.4, -0.2) is 32.6 Å². The van der Waals surface area contributed by atoms with Crippen molar-refractivity contribution in [2.24, 2.45) is 0 Å². The molecule has 6 nitrogen and oxygen atoms in total. The normalized spacial score (nSPS) is 16.8. The van der Waals surface area contributed by atoms with Gasteiger partial charge >= 0.3 is 5.97 Å². The van der Waals surface area contributed by atoms with Crippen LogP contribution in [-0.2, 0) is 17.6 Å². The largest absolute Gasteiger partial charge is 0.480 e. The molecule has 5 rings (SSSR count). The summed E-state index contributed by atoms with van der Waals surface area (Å²) in [6.07, 6.45) is 2.27. The number of H-pyrrole nitrogens is 1. The minimum absolute atomic E-state index is 0.117. The molecule has 2 atom stereocenters. The van der Waals surface area contributed by atoms with Crippen LogP contribution in [0.2, 0.25) is 0 Å². The quantitative estimate of drug-likeness (QED) is 0.430. The number of nitrogens with one attached hydrogen (secondary N) is 2. The van der Waals surface area contributed by atoms with Gasteiger partial charge in [0, 0.05) is 33.5 Å². The van der Waals surface area contributed by atoms with E-state index in [1.165, 1.54) is 12.1 Å². The summed E-state index contributed by atoms with van der Waals surface area (Å²) >= 11 is 0. The van der Waals surface area contributed by atoms with Crippen LogP contribution in [0.15, 0.2) is 48.5 Å². The number of carboxylic acids is 1. The van der Waals surface area contributed by atoms with E-state index in [2.05, 4.69) is 10.3 Å². The van der Waals surface area contributed by atoms with Crippen LogP contribution in [0.25, 0.3) is 21.8 Å². The molecule has 2 unspecified atom stereocenters. The van der Waals surface area contributed by atoms with Crippen molar-refractivity contribution in [3.63, 3.8) is 0 Å². The zero-order chi connectivity index (χ0) is 22.4. The van der Waals surface area contributed by atoms with Gasteiger partial charge in [-0.3, -0.25) is 4.79 Å². The van der Waals surface area contributed by atoms with Crippen LogP contribution in [0.4, 0.5) is 4.39 Å². The van der Waals surface area contributed by atoms with Gasteiger partial charge in [0.1, 0.15) is 17.6 Å². The summed E-state index contributed by atoms with van der Waals surface area (Å²) in [4.78, 5) is 27.9. The van der Waals surface area contributed by atoms with Gasteiger partial charge in [-0.2, -0.15) is 0 Å². The van der Waals surface area contributed by atoms with Crippen LogP contribution >= 0.6 is 0 Å². The van der Waals surface area contributed by atoms with E-state index in [9.17, 15) is 19.1 Å². The van der Waals surface area contributed by atoms with Crippen LogP contribution in [0.5, 0.6) is 0 Å². The summed E-state index contributed by atoms with van der Waals surface area (Å²) in [5.74, 6) is -1.43. The molecule has 2 aromatic heterocycles. The van der Waals surface area contributed by atoms with E-state index in [-0.39, 0.29) is 17.8 Å². The van der Waals surface area contributed by atoms with E-state index in [0.29, 0.717) is 31.4 Å². The van der Waals surface area contributed by atoms with E-state index in [0.717, 1.165) is 33.1 Å². The first-order chi connectivity index (χ1) is 15.5. The molecule has 0 spiro atoms. The molecule has 164 valence electrons. The standard InChI is InChI=1S/C25H24FN3O3/c1-2-21(25(31)32)29-22-9-7-15(26)12-17(22)18-13-16(8-10-23(18)29)27-24(30)20-11-14-5-3-4-6-19(14)28-20/h3-7,9,11-12,16,21,28H,2,8,10,13H2,1H3,(H,27,30)(H,31,32). The molecule has 0 saturated heterocycles. The van der Waals surface area contributed by atoms with Crippen LogP contribution in [0, 0.1) is 5.82 Å². The molecule has 0 saturated carbocycles. The third kappa shape index (κ3) is 3.34. The number of fused-ring (bicyclic) bond motifs is 4. The molecule has 3 N–H and O–H groups in total.